The summed E-state index contributed by atoms with van der Waals surface area (Å²) in [6.45, 7) is 3.34. The van der Waals surface area contributed by atoms with Crippen LogP contribution in [0.5, 0.6) is 5.75 Å². The highest BCUT2D eigenvalue weighted by Crippen LogP contribution is 2.45. The number of halogens is 3. The van der Waals surface area contributed by atoms with Crippen LogP contribution in [0.15, 0.2) is 61.4 Å². The SMILES string of the molecule is COc1ccc(-c2cncnc2)cc1C(C)(C)C[C@@](O)(Cc1cc2ccncc2[nH]1)C(F)(F)F. The van der Waals surface area contributed by atoms with E-state index < -0.39 is 30.0 Å². The molecule has 3 heterocycles. The molecule has 0 amide bonds. The Morgan fingerprint density at radius 3 is 2.35 bits per heavy atom. The van der Waals surface area contributed by atoms with E-state index in [0.717, 1.165) is 16.5 Å². The lowest BCUT2D eigenvalue weighted by molar-refractivity contribution is -0.266. The number of benzene rings is 1. The molecular weight excluding hydrogens is 445 g/mol. The molecule has 3 aromatic heterocycles. The number of pyridine rings is 1. The van der Waals surface area contributed by atoms with E-state index in [1.165, 1.54) is 13.4 Å². The molecule has 34 heavy (non-hydrogen) atoms. The molecule has 4 aromatic rings. The summed E-state index contributed by atoms with van der Waals surface area (Å²) < 4.78 is 48.4. The first-order valence-corrected chi connectivity index (χ1v) is 10.7. The Hall–Kier alpha value is -3.46. The van der Waals surface area contributed by atoms with Gasteiger partial charge < -0.3 is 14.8 Å². The number of aromatic nitrogens is 4. The summed E-state index contributed by atoms with van der Waals surface area (Å²) in [6, 6.07) is 8.58. The van der Waals surface area contributed by atoms with E-state index in [9.17, 15) is 18.3 Å². The van der Waals surface area contributed by atoms with Crippen LogP contribution < -0.4 is 4.74 Å². The summed E-state index contributed by atoms with van der Waals surface area (Å²) >= 11 is 0. The van der Waals surface area contributed by atoms with E-state index in [1.807, 2.05) is 0 Å². The van der Waals surface area contributed by atoms with E-state index >= 15 is 0 Å². The quantitative estimate of drug-likeness (QED) is 0.386. The number of hydrogen-bond acceptors (Lipinski definition) is 5. The normalized spacial score (nSPS) is 14.2. The number of hydrogen-bond donors (Lipinski definition) is 2. The molecule has 0 fully saturated rings. The zero-order chi connectivity index (χ0) is 24.6. The maximum absolute atomic E-state index is 14.3. The summed E-state index contributed by atoms with van der Waals surface area (Å²) in [6.07, 6.45) is 1.70. The van der Waals surface area contributed by atoms with Crippen molar-refractivity contribution in [3.63, 3.8) is 0 Å². The van der Waals surface area contributed by atoms with Gasteiger partial charge >= 0.3 is 6.18 Å². The molecule has 0 spiro atoms. The van der Waals surface area contributed by atoms with Gasteiger partial charge in [0.05, 0.1) is 18.8 Å². The predicted octanol–water partition coefficient (Wildman–Crippen LogP) is 5.23. The molecule has 0 aliphatic rings. The number of methoxy groups -OCH3 is 1. The fourth-order valence-electron chi connectivity index (χ4n) is 4.40. The topological polar surface area (TPSA) is 83.9 Å². The molecule has 0 unspecified atom stereocenters. The average Bonchev–Trinajstić information content (AvgIpc) is 3.20. The highest BCUT2D eigenvalue weighted by Gasteiger charge is 2.56. The summed E-state index contributed by atoms with van der Waals surface area (Å²) in [5, 5.41) is 11.8. The Morgan fingerprint density at radius 2 is 1.71 bits per heavy atom. The van der Waals surface area contributed by atoms with Gasteiger partial charge in [0.15, 0.2) is 5.60 Å². The van der Waals surface area contributed by atoms with Crippen molar-refractivity contribution in [2.75, 3.05) is 7.11 Å². The highest BCUT2D eigenvalue weighted by molar-refractivity contribution is 5.79. The molecule has 0 radical (unpaired) electrons. The molecule has 178 valence electrons. The van der Waals surface area contributed by atoms with Gasteiger partial charge in [0.25, 0.3) is 0 Å². The van der Waals surface area contributed by atoms with Crippen LogP contribution in [0, 0.1) is 0 Å². The molecule has 6 nitrogen and oxygen atoms in total. The fraction of sp³-hybridized carbons (Fsp3) is 0.320. The van der Waals surface area contributed by atoms with E-state index in [4.69, 9.17) is 4.74 Å². The Morgan fingerprint density at radius 1 is 0.971 bits per heavy atom. The second-order valence-corrected chi connectivity index (χ2v) is 9.07. The Balaban J connectivity index is 1.72. The fourth-order valence-corrected chi connectivity index (χ4v) is 4.40. The lowest BCUT2D eigenvalue weighted by atomic mass is 9.72. The number of nitrogens with one attached hydrogen (secondary N) is 1. The summed E-state index contributed by atoms with van der Waals surface area (Å²) in [5.74, 6) is 0.437. The van der Waals surface area contributed by atoms with Gasteiger partial charge in [-0.2, -0.15) is 13.2 Å². The van der Waals surface area contributed by atoms with Crippen molar-refractivity contribution in [2.24, 2.45) is 0 Å². The van der Waals surface area contributed by atoms with Gasteiger partial charge in [0.2, 0.25) is 0 Å². The number of nitrogens with zero attached hydrogens (tertiary/aromatic N) is 3. The van der Waals surface area contributed by atoms with Crippen molar-refractivity contribution in [3.8, 4) is 16.9 Å². The van der Waals surface area contributed by atoms with Crippen LogP contribution in [-0.4, -0.2) is 43.9 Å². The summed E-state index contributed by atoms with van der Waals surface area (Å²) in [5.41, 5.74) is -1.19. The molecular formula is C25H25F3N4O2. The van der Waals surface area contributed by atoms with Crippen molar-refractivity contribution in [3.05, 3.63) is 72.7 Å². The molecule has 0 aliphatic carbocycles. The van der Waals surface area contributed by atoms with Gasteiger partial charge in [-0.3, -0.25) is 4.98 Å². The van der Waals surface area contributed by atoms with Crippen LogP contribution in [0.25, 0.3) is 22.0 Å². The Kier molecular flexibility index (Phi) is 6.07. The van der Waals surface area contributed by atoms with E-state index in [1.54, 1.807) is 69.0 Å². The molecule has 0 aliphatic heterocycles. The standard InChI is InChI=1S/C25H25F3N4O2/c1-23(2,20-9-16(4-5-22(20)34-3)18-11-30-15-31-12-18)14-24(33,25(26,27)28)10-19-8-17-6-7-29-13-21(17)32-19/h4-9,11-13,15,32-33H,10,14H2,1-3H3/t24-/m0/s1. The first-order chi connectivity index (χ1) is 16.0. The Bertz CT molecular complexity index is 1260. The highest BCUT2D eigenvalue weighted by atomic mass is 19.4. The number of ether oxygens (including phenoxy) is 1. The summed E-state index contributed by atoms with van der Waals surface area (Å²) in [7, 11) is 1.47. The smallest absolute Gasteiger partial charge is 0.417 e. The van der Waals surface area contributed by atoms with Gasteiger partial charge in [0.1, 0.15) is 12.1 Å². The maximum atomic E-state index is 14.3. The van der Waals surface area contributed by atoms with Crippen LogP contribution in [0.2, 0.25) is 0 Å². The van der Waals surface area contributed by atoms with Crippen molar-refractivity contribution >= 4 is 10.9 Å². The van der Waals surface area contributed by atoms with Crippen molar-refractivity contribution in [1.82, 2.24) is 19.9 Å². The molecule has 0 bridgehead atoms. The first kappa shape index (κ1) is 23.7. The largest absolute Gasteiger partial charge is 0.496 e. The predicted molar refractivity (Wildman–Crippen MR) is 122 cm³/mol. The van der Waals surface area contributed by atoms with Crippen molar-refractivity contribution in [2.45, 2.75) is 43.9 Å². The average molecular weight is 470 g/mol. The van der Waals surface area contributed by atoms with Gasteiger partial charge in [0, 0.05) is 47.2 Å². The lowest BCUT2D eigenvalue weighted by Crippen LogP contribution is -2.51. The number of fused-ring (bicyclic) bond motifs is 1. The third-order valence-corrected chi connectivity index (χ3v) is 6.05. The molecule has 4 rings (SSSR count). The van der Waals surface area contributed by atoms with Crippen LogP contribution >= 0.6 is 0 Å². The minimum absolute atomic E-state index is 0.278. The monoisotopic (exact) mass is 470 g/mol. The minimum Gasteiger partial charge on any atom is -0.496 e. The molecule has 2 N–H and O–H groups in total. The van der Waals surface area contributed by atoms with Crippen LogP contribution in [0.3, 0.4) is 0 Å². The van der Waals surface area contributed by atoms with Gasteiger partial charge in [-0.25, -0.2) is 9.97 Å². The lowest BCUT2D eigenvalue weighted by Gasteiger charge is -2.38. The van der Waals surface area contributed by atoms with Crippen LogP contribution in [0.1, 0.15) is 31.5 Å². The summed E-state index contributed by atoms with van der Waals surface area (Å²) in [4.78, 5) is 15.0. The van der Waals surface area contributed by atoms with Crippen molar-refractivity contribution < 1.29 is 23.0 Å². The number of aromatic amines is 1. The van der Waals surface area contributed by atoms with E-state index in [-0.39, 0.29) is 5.69 Å². The number of H-pyrrole nitrogens is 1. The van der Waals surface area contributed by atoms with Crippen LogP contribution in [0.4, 0.5) is 13.2 Å². The first-order valence-electron chi connectivity index (χ1n) is 10.7. The van der Waals surface area contributed by atoms with E-state index in [2.05, 4.69) is 19.9 Å². The number of alkyl halides is 3. The number of aliphatic hydroxyl groups is 1. The van der Waals surface area contributed by atoms with Crippen molar-refractivity contribution in [1.29, 1.82) is 0 Å². The molecule has 1 atom stereocenters. The third-order valence-electron chi connectivity index (χ3n) is 6.05. The maximum Gasteiger partial charge on any atom is 0.417 e. The molecule has 1 aromatic carbocycles. The second kappa shape index (κ2) is 8.72. The zero-order valence-electron chi connectivity index (χ0n) is 19.0. The van der Waals surface area contributed by atoms with E-state index in [0.29, 0.717) is 16.8 Å². The second-order valence-electron chi connectivity index (χ2n) is 9.07. The molecule has 0 saturated carbocycles. The molecule has 9 heteroatoms. The Labute approximate surface area is 194 Å². The van der Waals surface area contributed by atoms with Gasteiger partial charge in [-0.1, -0.05) is 19.9 Å². The minimum atomic E-state index is -4.86. The third kappa shape index (κ3) is 4.61. The zero-order valence-corrected chi connectivity index (χ0v) is 19.0. The molecule has 0 saturated heterocycles. The van der Waals surface area contributed by atoms with Gasteiger partial charge in [-0.05, 0) is 41.7 Å². The van der Waals surface area contributed by atoms with Gasteiger partial charge in [-0.15, -0.1) is 0 Å². The van der Waals surface area contributed by atoms with Crippen LogP contribution in [-0.2, 0) is 11.8 Å². The number of rotatable bonds is 7.